The minimum absolute atomic E-state index is 0.0125. The third-order valence-corrected chi connectivity index (χ3v) is 2.21. The number of hydrogen-bond acceptors (Lipinski definition) is 3. The Bertz CT molecular complexity index is 166. The van der Waals surface area contributed by atoms with Crippen molar-refractivity contribution in [1.29, 1.82) is 0 Å². The first-order valence-corrected chi connectivity index (χ1v) is 4.65. The van der Waals surface area contributed by atoms with Crippen LogP contribution in [0.4, 0.5) is 4.79 Å². The van der Waals surface area contributed by atoms with E-state index in [1.807, 2.05) is 4.90 Å². The van der Waals surface area contributed by atoms with Crippen molar-refractivity contribution >= 4 is 6.03 Å². The number of nitrogens with one attached hydrogen (secondary N) is 1. The average Bonchev–Trinajstić information content (AvgIpc) is 2.15. The van der Waals surface area contributed by atoms with Crippen molar-refractivity contribution in [3.8, 4) is 0 Å². The minimum Gasteiger partial charge on any atom is -0.337 e. The van der Waals surface area contributed by atoms with E-state index < -0.39 is 0 Å². The fourth-order valence-electron chi connectivity index (χ4n) is 1.30. The largest absolute Gasteiger partial charge is 0.337 e. The molecule has 1 aliphatic heterocycles. The Morgan fingerprint density at radius 1 is 1.38 bits per heavy atom. The summed E-state index contributed by atoms with van der Waals surface area (Å²) >= 11 is 0. The van der Waals surface area contributed by atoms with Gasteiger partial charge in [-0.3, -0.25) is 0 Å². The quantitative estimate of drug-likeness (QED) is 0.575. The van der Waals surface area contributed by atoms with Crippen molar-refractivity contribution < 1.29 is 4.79 Å². The zero-order chi connectivity index (χ0) is 9.68. The number of carbonyl (C=O) groups excluding carboxylic acids is 1. The van der Waals surface area contributed by atoms with Gasteiger partial charge < -0.3 is 20.9 Å². The van der Waals surface area contributed by atoms with Crippen molar-refractivity contribution in [2.24, 2.45) is 5.73 Å². The molecule has 5 heteroatoms. The molecule has 1 fully saturated rings. The van der Waals surface area contributed by atoms with Gasteiger partial charge in [0.25, 0.3) is 0 Å². The number of rotatable bonds is 2. The number of nitrogens with two attached hydrogens (primary N) is 1. The van der Waals surface area contributed by atoms with Gasteiger partial charge in [0.05, 0.1) is 0 Å². The third-order valence-electron chi connectivity index (χ3n) is 2.21. The highest BCUT2D eigenvalue weighted by Gasteiger charge is 2.17. The highest BCUT2D eigenvalue weighted by molar-refractivity contribution is 5.74. The van der Waals surface area contributed by atoms with Crippen LogP contribution in [0.2, 0.25) is 0 Å². The first kappa shape index (κ1) is 10.3. The predicted molar refractivity (Wildman–Crippen MR) is 51.5 cm³/mol. The van der Waals surface area contributed by atoms with Gasteiger partial charge in [-0.25, -0.2) is 4.79 Å². The van der Waals surface area contributed by atoms with Crippen molar-refractivity contribution in [2.75, 3.05) is 46.3 Å². The lowest BCUT2D eigenvalue weighted by atomic mass is 10.3. The summed E-state index contributed by atoms with van der Waals surface area (Å²) in [6, 6.07) is 0.0125. The van der Waals surface area contributed by atoms with E-state index in [-0.39, 0.29) is 6.03 Å². The molecule has 0 unspecified atom stereocenters. The summed E-state index contributed by atoms with van der Waals surface area (Å²) in [6.45, 7) is 4.59. The van der Waals surface area contributed by atoms with Crippen LogP contribution in [-0.2, 0) is 0 Å². The first-order valence-electron chi connectivity index (χ1n) is 4.65. The predicted octanol–water partition coefficient (Wildman–Crippen LogP) is -1.10. The van der Waals surface area contributed by atoms with Gasteiger partial charge in [-0.1, -0.05) is 0 Å². The Balaban J connectivity index is 2.23. The molecule has 1 rings (SSSR count). The second-order valence-electron chi connectivity index (χ2n) is 3.31. The maximum Gasteiger partial charge on any atom is 0.317 e. The van der Waals surface area contributed by atoms with Crippen molar-refractivity contribution in [3.05, 3.63) is 0 Å². The fraction of sp³-hybridized carbons (Fsp3) is 0.875. The molecule has 1 saturated heterocycles. The zero-order valence-corrected chi connectivity index (χ0v) is 8.12. The van der Waals surface area contributed by atoms with Crippen LogP contribution in [0.25, 0.3) is 0 Å². The Kier molecular flexibility index (Phi) is 3.98. The number of hydrogen-bond donors (Lipinski definition) is 2. The van der Waals surface area contributed by atoms with Crippen LogP contribution in [0.5, 0.6) is 0 Å². The van der Waals surface area contributed by atoms with Gasteiger partial charge in [0.2, 0.25) is 0 Å². The summed E-state index contributed by atoms with van der Waals surface area (Å²) in [7, 11) is 2.06. The van der Waals surface area contributed by atoms with Crippen LogP contribution in [0.15, 0.2) is 0 Å². The SMILES string of the molecule is CN1CCN(C(=O)NCCN)CC1. The number of piperazine rings is 1. The van der Waals surface area contributed by atoms with Gasteiger partial charge in [0.15, 0.2) is 0 Å². The van der Waals surface area contributed by atoms with Crippen LogP contribution in [0.3, 0.4) is 0 Å². The summed E-state index contributed by atoms with van der Waals surface area (Å²) in [5.74, 6) is 0. The van der Waals surface area contributed by atoms with Gasteiger partial charge in [0, 0.05) is 39.3 Å². The summed E-state index contributed by atoms with van der Waals surface area (Å²) in [6.07, 6.45) is 0. The summed E-state index contributed by atoms with van der Waals surface area (Å²) < 4.78 is 0. The second-order valence-corrected chi connectivity index (χ2v) is 3.31. The van der Waals surface area contributed by atoms with E-state index >= 15 is 0 Å². The van der Waals surface area contributed by atoms with E-state index in [9.17, 15) is 4.79 Å². The molecular formula is C8H18N4O. The third kappa shape index (κ3) is 3.20. The summed E-state index contributed by atoms with van der Waals surface area (Å²) in [5.41, 5.74) is 5.29. The highest BCUT2D eigenvalue weighted by Crippen LogP contribution is 1.98. The number of urea groups is 1. The Morgan fingerprint density at radius 2 is 2.00 bits per heavy atom. The van der Waals surface area contributed by atoms with Crippen molar-refractivity contribution in [3.63, 3.8) is 0 Å². The molecule has 0 spiro atoms. The van der Waals surface area contributed by atoms with Crippen LogP contribution in [0, 0.1) is 0 Å². The minimum atomic E-state index is 0.0125. The lowest BCUT2D eigenvalue weighted by Gasteiger charge is -2.32. The molecule has 0 radical (unpaired) electrons. The van der Waals surface area contributed by atoms with Crippen LogP contribution in [-0.4, -0.2) is 62.1 Å². The standard InChI is InChI=1S/C8H18N4O/c1-11-4-6-12(7-5-11)8(13)10-3-2-9/h2-7,9H2,1H3,(H,10,13). The molecule has 0 atom stereocenters. The van der Waals surface area contributed by atoms with E-state index in [4.69, 9.17) is 5.73 Å². The monoisotopic (exact) mass is 186 g/mol. The lowest BCUT2D eigenvalue weighted by molar-refractivity contribution is 0.154. The molecule has 0 aromatic heterocycles. The molecule has 2 amide bonds. The molecule has 76 valence electrons. The van der Waals surface area contributed by atoms with Gasteiger partial charge in [-0.15, -0.1) is 0 Å². The van der Waals surface area contributed by atoms with Crippen molar-refractivity contribution in [1.82, 2.24) is 15.1 Å². The van der Waals surface area contributed by atoms with E-state index in [1.165, 1.54) is 0 Å². The zero-order valence-electron chi connectivity index (χ0n) is 8.12. The normalized spacial score (nSPS) is 18.8. The summed E-state index contributed by atoms with van der Waals surface area (Å²) in [4.78, 5) is 15.4. The molecular weight excluding hydrogens is 168 g/mol. The van der Waals surface area contributed by atoms with E-state index in [0.29, 0.717) is 13.1 Å². The Morgan fingerprint density at radius 3 is 2.54 bits per heavy atom. The molecule has 1 heterocycles. The Labute approximate surface area is 78.9 Å². The van der Waals surface area contributed by atoms with E-state index in [2.05, 4.69) is 17.3 Å². The number of amides is 2. The smallest absolute Gasteiger partial charge is 0.317 e. The average molecular weight is 186 g/mol. The molecule has 0 bridgehead atoms. The number of carbonyl (C=O) groups is 1. The first-order chi connectivity index (χ1) is 6.24. The molecule has 3 N–H and O–H groups in total. The molecule has 5 nitrogen and oxygen atoms in total. The molecule has 13 heavy (non-hydrogen) atoms. The maximum absolute atomic E-state index is 11.4. The van der Waals surface area contributed by atoms with E-state index in [1.54, 1.807) is 0 Å². The second kappa shape index (κ2) is 5.04. The van der Waals surface area contributed by atoms with Crippen LogP contribution in [0.1, 0.15) is 0 Å². The topological polar surface area (TPSA) is 61.6 Å². The number of nitrogens with zero attached hydrogens (tertiary/aromatic N) is 2. The van der Waals surface area contributed by atoms with Gasteiger partial charge in [-0.05, 0) is 7.05 Å². The summed E-state index contributed by atoms with van der Waals surface area (Å²) in [5, 5.41) is 2.76. The Hall–Kier alpha value is -0.810. The van der Waals surface area contributed by atoms with Gasteiger partial charge >= 0.3 is 6.03 Å². The van der Waals surface area contributed by atoms with Gasteiger partial charge in [-0.2, -0.15) is 0 Å². The van der Waals surface area contributed by atoms with Crippen molar-refractivity contribution in [2.45, 2.75) is 0 Å². The highest BCUT2D eigenvalue weighted by atomic mass is 16.2. The van der Waals surface area contributed by atoms with E-state index in [0.717, 1.165) is 26.2 Å². The van der Waals surface area contributed by atoms with Gasteiger partial charge in [0.1, 0.15) is 0 Å². The molecule has 0 saturated carbocycles. The molecule has 0 aromatic rings. The molecule has 0 aliphatic carbocycles. The fourth-order valence-corrected chi connectivity index (χ4v) is 1.30. The molecule has 1 aliphatic rings. The molecule has 0 aromatic carbocycles. The van der Waals surface area contributed by atoms with Crippen LogP contribution < -0.4 is 11.1 Å². The number of likely N-dealkylation sites (N-methyl/N-ethyl adjacent to an activating group) is 1. The van der Waals surface area contributed by atoms with Crippen LogP contribution >= 0.6 is 0 Å². The lowest BCUT2D eigenvalue weighted by Crippen LogP contribution is -2.51. The maximum atomic E-state index is 11.4.